The van der Waals surface area contributed by atoms with E-state index in [2.05, 4.69) is 41.2 Å². The highest BCUT2D eigenvalue weighted by molar-refractivity contribution is 5.84. The molecule has 10 heteroatoms. The maximum Gasteiger partial charge on any atom is 0.242 e. The van der Waals surface area contributed by atoms with Crippen LogP contribution in [0.1, 0.15) is 49.9 Å². The molecule has 1 fully saturated rings. The number of benzene rings is 1. The van der Waals surface area contributed by atoms with E-state index in [1.807, 2.05) is 66.3 Å². The van der Waals surface area contributed by atoms with Crippen LogP contribution in [0.25, 0.3) is 17.2 Å². The molecule has 5 rings (SSSR count). The largest absolute Gasteiger partial charge is 0.358 e. The minimum absolute atomic E-state index is 0.0263. The van der Waals surface area contributed by atoms with Gasteiger partial charge in [-0.15, -0.1) is 10.2 Å². The first-order chi connectivity index (χ1) is 17.6. The molecule has 1 amide bonds. The normalized spacial score (nSPS) is 14.9. The van der Waals surface area contributed by atoms with E-state index in [4.69, 9.17) is 0 Å². The van der Waals surface area contributed by atoms with E-state index in [1.54, 1.807) is 0 Å². The van der Waals surface area contributed by atoms with Gasteiger partial charge in [-0.3, -0.25) is 4.79 Å². The van der Waals surface area contributed by atoms with E-state index in [0.29, 0.717) is 29.9 Å². The van der Waals surface area contributed by atoms with Crippen LogP contribution < -0.4 is 10.6 Å². The van der Waals surface area contributed by atoms with Gasteiger partial charge < -0.3 is 15.2 Å². The molecular formula is C26H31N9O. The van der Waals surface area contributed by atoms with Crippen LogP contribution in [0.3, 0.4) is 0 Å². The van der Waals surface area contributed by atoms with Crippen LogP contribution in [-0.2, 0) is 11.3 Å². The molecule has 1 aliphatic rings. The van der Waals surface area contributed by atoms with Crippen molar-refractivity contribution < 1.29 is 4.79 Å². The third kappa shape index (κ3) is 5.94. The highest BCUT2D eigenvalue weighted by Crippen LogP contribution is 2.28. The topological polar surface area (TPSA) is 126 Å². The molecule has 0 spiro atoms. The number of rotatable bonds is 9. The molecular weight excluding hydrogens is 454 g/mol. The first kappa shape index (κ1) is 23.7. The second-order valence-electron chi connectivity index (χ2n) is 9.34. The number of tetrazole rings is 1. The number of hydrogen-bond donors (Lipinski definition) is 3. The third-order valence-electron chi connectivity index (χ3n) is 6.65. The number of nitrogens with zero attached hydrogens (tertiary/aromatic N) is 6. The number of aryl methyl sites for hydroxylation is 1. The smallest absolute Gasteiger partial charge is 0.242 e. The van der Waals surface area contributed by atoms with Gasteiger partial charge in [-0.05, 0) is 42.2 Å². The Morgan fingerprint density at radius 2 is 1.89 bits per heavy atom. The molecule has 186 valence electrons. The van der Waals surface area contributed by atoms with Crippen LogP contribution >= 0.6 is 0 Å². The van der Waals surface area contributed by atoms with Gasteiger partial charge in [0.25, 0.3) is 0 Å². The van der Waals surface area contributed by atoms with Crippen LogP contribution in [0.15, 0.2) is 54.9 Å². The molecule has 1 atom stereocenters. The summed E-state index contributed by atoms with van der Waals surface area (Å²) in [6.45, 7) is 2.30. The number of aromatic nitrogens is 7. The van der Waals surface area contributed by atoms with Crippen molar-refractivity contribution in [2.24, 2.45) is 5.92 Å². The zero-order valence-electron chi connectivity index (χ0n) is 20.4. The average Bonchev–Trinajstić information content (AvgIpc) is 3.63. The summed E-state index contributed by atoms with van der Waals surface area (Å²) >= 11 is 0. The molecule has 1 saturated carbocycles. The van der Waals surface area contributed by atoms with Gasteiger partial charge in [-0.2, -0.15) is 5.21 Å². The molecule has 0 aliphatic heterocycles. The Hall–Kier alpha value is -4.08. The van der Waals surface area contributed by atoms with Gasteiger partial charge in [0.05, 0.1) is 0 Å². The van der Waals surface area contributed by atoms with Crippen molar-refractivity contribution in [2.75, 3.05) is 5.32 Å². The number of carbonyl (C=O) groups is 1. The van der Waals surface area contributed by atoms with Crippen molar-refractivity contribution >= 4 is 11.7 Å². The van der Waals surface area contributed by atoms with Gasteiger partial charge in [0.2, 0.25) is 11.7 Å². The number of nitrogens with one attached hydrogen (secondary N) is 3. The van der Waals surface area contributed by atoms with Gasteiger partial charge in [-0.25, -0.2) is 9.97 Å². The number of aromatic amines is 1. The minimum atomic E-state index is -0.376. The van der Waals surface area contributed by atoms with E-state index < -0.39 is 0 Å². The minimum Gasteiger partial charge on any atom is -0.358 e. The standard InChI is InChI=1S/C26H31N9O/c1-18-28-23(16-24(29-18)35-13-5-6-14-35)30-22(15-19-7-3-2-4-8-19)26(36)27-17-20-9-11-21(12-10-20)25-31-33-34-32-25/h5-6,9-14,16,19,22H,2-4,7-8,15,17H2,1H3,(H,27,36)(H,28,29,30)(H,31,32,33,34)/t22-/m1/s1. The Labute approximate surface area is 210 Å². The SMILES string of the molecule is Cc1nc(N[C@H](CC2CCCCC2)C(=O)NCc2ccc(-c3nn[nH]n3)cc2)cc(-n2cccc2)n1. The lowest BCUT2D eigenvalue weighted by Crippen LogP contribution is -2.41. The number of amides is 1. The van der Waals surface area contributed by atoms with Crippen molar-refractivity contribution in [2.45, 2.75) is 58.0 Å². The second kappa shape index (κ2) is 11.1. The highest BCUT2D eigenvalue weighted by atomic mass is 16.2. The highest BCUT2D eigenvalue weighted by Gasteiger charge is 2.25. The summed E-state index contributed by atoms with van der Waals surface area (Å²) in [5, 5.41) is 20.6. The summed E-state index contributed by atoms with van der Waals surface area (Å²) in [6, 6.07) is 13.2. The Bertz CT molecular complexity index is 1250. The lowest BCUT2D eigenvalue weighted by molar-refractivity contribution is -0.122. The van der Waals surface area contributed by atoms with E-state index in [9.17, 15) is 4.79 Å². The Morgan fingerprint density at radius 3 is 2.61 bits per heavy atom. The summed E-state index contributed by atoms with van der Waals surface area (Å²) < 4.78 is 1.94. The molecule has 3 N–H and O–H groups in total. The third-order valence-corrected chi connectivity index (χ3v) is 6.65. The van der Waals surface area contributed by atoms with Crippen molar-refractivity contribution in [3.63, 3.8) is 0 Å². The number of anilines is 1. The molecule has 0 radical (unpaired) electrons. The zero-order valence-corrected chi connectivity index (χ0v) is 20.4. The first-order valence-corrected chi connectivity index (χ1v) is 12.5. The molecule has 4 aromatic rings. The average molecular weight is 486 g/mol. The van der Waals surface area contributed by atoms with Gasteiger partial charge in [0.15, 0.2) is 0 Å². The first-order valence-electron chi connectivity index (χ1n) is 12.5. The molecule has 10 nitrogen and oxygen atoms in total. The van der Waals surface area contributed by atoms with Crippen LogP contribution in [0.4, 0.5) is 5.82 Å². The van der Waals surface area contributed by atoms with Crippen molar-refractivity contribution in [3.8, 4) is 17.2 Å². The predicted molar refractivity (Wildman–Crippen MR) is 136 cm³/mol. The lowest BCUT2D eigenvalue weighted by Gasteiger charge is -2.27. The lowest BCUT2D eigenvalue weighted by atomic mass is 9.84. The Balaban J connectivity index is 1.28. The summed E-state index contributed by atoms with van der Waals surface area (Å²) in [5.74, 6) is 3.13. The fourth-order valence-corrected chi connectivity index (χ4v) is 4.78. The maximum absolute atomic E-state index is 13.4. The van der Waals surface area contributed by atoms with Crippen molar-refractivity contribution in [1.82, 2.24) is 40.5 Å². The molecule has 1 aromatic carbocycles. The number of H-pyrrole nitrogens is 1. The predicted octanol–water partition coefficient (Wildman–Crippen LogP) is 3.82. The summed E-state index contributed by atoms with van der Waals surface area (Å²) in [6.07, 6.45) is 10.8. The maximum atomic E-state index is 13.4. The van der Waals surface area contributed by atoms with Crippen LogP contribution in [0.5, 0.6) is 0 Å². The van der Waals surface area contributed by atoms with E-state index in [0.717, 1.165) is 23.4 Å². The van der Waals surface area contributed by atoms with Crippen molar-refractivity contribution in [1.29, 1.82) is 0 Å². The van der Waals surface area contributed by atoms with Gasteiger partial charge in [-0.1, -0.05) is 56.4 Å². The summed E-state index contributed by atoms with van der Waals surface area (Å²) in [5.41, 5.74) is 1.87. The fraction of sp³-hybridized carbons (Fsp3) is 0.385. The van der Waals surface area contributed by atoms with E-state index in [-0.39, 0.29) is 11.9 Å². The molecule has 3 heterocycles. The van der Waals surface area contributed by atoms with Crippen LogP contribution in [0, 0.1) is 12.8 Å². The monoisotopic (exact) mass is 485 g/mol. The summed E-state index contributed by atoms with van der Waals surface area (Å²) in [7, 11) is 0. The molecule has 36 heavy (non-hydrogen) atoms. The quantitative estimate of drug-likeness (QED) is 0.329. The Kier molecular flexibility index (Phi) is 7.30. The van der Waals surface area contributed by atoms with Gasteiger partial charge in [0, 0.05) is 30.6 Å². The molecule has 1 aliphatic carbocycles. The fourth-order valence-electron chi connectivity index (χ4n) is 4.78. The van der Waals surface area contributed by atoms with E-state index >= 15 is 0 Å². The van der Waals surface area contributed by atoms with Gasteiger partial charge >= 0.3 is 0 Å². The zero-order chi connectivity index (χ0) is 24.7. The molecule has 0 saturated heterocycles. The Morgan fingerprint density at radius 1 is 1.11 bits per heavy atom. The van der Waals surface area contributed by atoms with Crippen LogP contribution in [0.2, 0.25) is 0 Å². The molecule has 0 unspecified atom stereocenters. The number of carbonyl (C=O) groups excluding carboxylic acids is 1. The second-order valence-corrected chi connectivity index (χ2v) is 9.34. The van der Waals surface area contributed by atoms with Crippen molar-refractivity contribution in [3.05, 3.63) is 66.2 Å². The van der Waals surface area contributed by atoms with E-state index in [1.165, 1.54) is 32.1 Å². The molecule has 0 bridgehead atoms. The number of hydrogen-bond acceptors (Lipinski definition) is 7. The summed E-state index contributed by atoms with van der Waals surface area (Å²) in [4.78, 5) is 22.5. The van der Waals surface area contributed by atoms with Gasteiger partial charge in [0.1, 0.15) is 23.5 Å². The van der Waals surface area contributed by atoms with Crippen LogP contribution in [-0.4, -0.2) is 47.1 Å². The molecule has 3 aromatic heterocycles.